The van der Waals surface area contributed by atoms with Crippen molar-refractivity contribution in [3.8, 4) is 0 Å². The monoisotopic (exact) mass is 477 g/mol. The Balaban J connectivity index is 1.20. The summed E-state index contributed by atoms with van der Waals surface area (Å²) >= 11 is 0. The van der Waals surface area contributed by atoms with E-state index in [4.69, 9.17) is 0 Å². The quantitative estimate of drug-likeness (QED) is 0.538. The first-order valence-corrected chi connectivity index (χ1v) is 11.8. The summed E-state index contributed by atoms with van der Waals surface area (Å²) in [5.74, 6) is -1.86. The van der Waals surface area contributed by atoms with Gasteiger partial charge < -0.3 is 4.90 Å². The Morgan fingerprint density at radius 1 is 0.694 bits per heavy atom. The molecule has 3 heterocycles. The second-order valence-electron chi connectivity index (χ2n) is 9.39. The van der Waals surface area contributed by atoms with Gasteiger partial charge in [0.15, 0.2) is 0 Å². The molecule has 0 radical (unpaired) electrons. The van der Waals surface area contributed by atoms with Gasteiger partial charge in [0.05, 0.1) is 23.2 Å². The van der Waals surface area contributed by atoms with Crippen molar-refractivity contribution in [3.63, 3.8) is 0 Å². The average molecular weight is 478 g/mol. The number of nitrogens with zero attached hydrogens (tertiary/aromatic N) is 3. The van der Waals surface area contributed by atoms with Gasteiger partial charge in [0.2, 0.25) is 11.8 Å². The maximum Gasteiger partial charge on any atom is 0.258 e. The minimum absolute atomic E-state index is 0.157. The molecule has 3 aromatic carbocycles. The highest BCUT2D eigenvalue weighted by Crippen LogP contribution is 2.45. The minimum Gasteiger partial charge on any atom is -0.374 e. The number of anilines is 3. The summed E-state index contributed by atoms with van der Waals surface area (Å²) in [5, 5.41) is 0. The lowest BCUT2D eigenvalue weighted by atomic mass is 9.83. The predicted octanol–water partition coefficient (Wildman–Crippen LogP) is 3.43. The molecule has 178 valence electrons. The van der Waals surface area contributed by atoms with Crippen LogP contribution in [0.5, 0.6) is 0 Å². The summed E-state index contributed by atoms with van der Waals surface area (Å²) in [6.45, 7) is 0.515. The molecule has 0 N–H and O–H groups in total. The van der Waals surface area contributed by atoms with Crippen molar-refractivity contribution >= 4 is 40.7 Å². The second-order valence-corrected chi connectivity index (χ2v) is 9.39. The van der Waals surface area contributed by atoms with Gasteiger partial charge in [-0.2, -0.15) is 0 Å². The van der Waals surface area contributed by atoms with Crippen LogP contribution in [0.1, 0.15) is 22.6 Å². The Labute approximate surface area is 208 Å². The number of hydrogen-bond donors (Lipinski definition) is 0. The maximum absolute atomic E-state index is 13.4. The lowest BCUT2D eigenvalue weighted by Crippen LogP contribution is -2.37. The Kier molecular flexibility index (Phi) is 5.07. The number of fused-ring (bicyclic) bond motifs is 3. The Morgan fingerprint density at radius 2 is 1.25 bits per heavy atom. The zero-order chi connectivity index (χ0) is 25.0. The highest BCUT2D eigenvalue weighted by Gasteiger charge is 2.52. The summed E-state index contributed by atoms with van der Waals surface area (Å²) < 4.78 is 0. The number of amides is 4. The van der Waals surface area contributed by atoms with Crippen LogP contribution in [0.2, 0.25) is 0 Å². The highest BCUT2D eigenvalue weighted by molar-refractivity contribution is 6.28. The molecule has 4 amide bonds. The molecule has 3 aliphatic rings. The molecule has 0 aliphatic carbocycles. The van der Waals surface area contributed by atoms with E-state index in [1.165, 1.54) is 17.1 Å². The summed E-state index contributed by atoms with van der Waals surface area (Å²) in [6.07, 6.45) is 3.16. The maximum atomic E-state index is 13.4. The van der Waals surface area contributed by atoms with Crippen molar-refractivity contribution in [2.24, 2.45) is 5.92 Å². The molecule has 0 spiro atoms. The van der Waals surface area contributed by atoms with Crippen LogP contribution in [-0.4, -0.2) is 37.2 Å². The third-order valence-electron chi connectivity index (χ3n) is 7.19. The van der Waals surface area contributed by atoms with E-state index in [9.17, 15) is 19.2 Å². The lowest BCUT2D eigenvalue weighted by molar-refractivity contribution is -0.123. The van der Waals surface area contributed by atoms with Crippen LogP contribution >= 0.6 is 0 Å². The third-order valence-corrected chi connectivity index (χ3v) is 7.19. The Morgan fingerprint density at radius 3 is 1.86 bits per heavy atom. The molecule has 1 saturated heterocycles. The van der Waals surface area contributed by atoms with E-state index in [0.717, 1.165) is 27.3 Å². The van der Waals surface area contributed by atoms with Crippen LogP contribution in [0.25, 0.3) is 0 Å². The molecule has 1 fully saturated rings. The van der Waals surface area contributed by atoms with Gasteiger partial charge in [-0.15, -0.1) is 0 Å². The number of carbonyl (C=O) groups excluding carboxylic acids is 4. The highest BCUT2D eigenvalue weighted by atomic mass is 16.2. The second kappa shape index (κ2) is 8.30. The number of hydrogen-bond acceptors (Lipinski definition) is 5. The number of carbonyl (C=O) groups is 4. The van der Waals surface area contributed by atoms with Crippen LogP contribution < -0.4 is 14.7 Å². The van der Waals surface area contributed by atoms with Gasteiger partial charge in [-0.05, 0) is 53.4 Å². The van der Waals surface area contributed by atoms with Crippen molar-refractivity contribution < 1.29 is 19.2 Å². The van der Waals surface area contributed by atoms with Crippen LogP contribution in [0.4, 0.5) is 17.1 Å². The predicted molar refractivity (Wildman–Crippen MR) is 136 cm³/mol. The first-order chi connectivity index (χ1) is 17.4. The molecule has 7 nitrogen and oxygen atoms in total. The number of para-hydroxylation sites is 1. The van der Waals surface area contributed by atoms with Gasteiger partial charge in [-0.1, -0.05) is 42.5 Å². The molecule has 6 rings (SSSR count). The largest absolute Gasteiger partial charge is 0.374 e. The molecular weight excluding hydrogens is 454 g/mol. The molecule has 3 aromatic rings. The summed E-state index contributed by atoms with van der Waals surface area (Å²) in [5.41, 5.74) is 5.05. The van der Waals surface area contributed by atoms with Gasteiger partial charge in [-0.3, -0.25) is 19.2 Å². The van der Waals surface area contributed by atoms with Crippen LogP contribution in [0, 0.1) is 5.92 Å². The first kappa shape index (κ1) is 22.0. The molecule has 7 heteroatoms. The standard InChI is InChI=1S/C29H23N3O4/c1-30-17-23-27(22-4-2-3-5-24(22)30)29(36)32(28(23)35)21-12-8-19(9-13-21)16-18-6-10-20(11-7-18)31-25(33)14-15-26(31)34/h2-15,23,27H,16-17H2,1H3/t23-,27+/m1/s1. The zero-order valence-corrected chi connectivity index (χ0v) is 19.6. The van der Waals surface area contributed by atoms with Gasteiger partial charge in [0.1, 0.15) is 0 Å². The van der Waals surface area contributed by atoms with E-state index >= 15 is 0 Å². The lowest BCUT2D eigenvalue weighted by Gasteiger charge is -2.33. The fourth-order valence-corrected chi connectivity index (χ4v) is 5.42. The molecular formula is C29H23N3O4. The molecule has 0 bridgehead atoms. The zero-order valence-electron chi connectivity index (χ0n) is 19.6. The third kappa shape index (κ3) is 3.43. The van der Waals surface area contributed by atoms with Crippen LogP contribution in [-0.2, 0) is 25.6 Å². The van der Waals surface area contributed by atoms with Gasteiger partial charge in [0, 0.05) is 31.4 Å². The van der Waals surface area contributed by atoms with E-state index in [1.807, 2.05) is 72.6 Å². The van der Waals surface area contributed by atoms with Crippen molar-refractivity contribution in [2.75, 3.05) is 28.3 Å². The molecule has 2 atom stereocenters. The van der Waals surface area contributed by atoms with Gasteiger partial charge >= 0.3 is 0 Å². The van der Waals surface area contributed by atoms with Crippen LogP contribution in [0.3, 0.4) is 0 Å². The van der Waals surface area contributed by atoms with Gasteiger partial charge in [0.25, 0.3) is 11.8 Å². The summed E-state index contributed by atoms with van der Waals surface area (Å²) in [6, 6.07) is 22.5. The molecule has 3 aliphatic heterocycles. The molecule has 0 unspecified atom stereocenters. The van der Waals surface area contributed by atoms with Crippen molar-refractivity contribution in [3.05, 3.63) is 102 Å². The van der Waals surface area contributed by atoms with E-state index < -0.39 is 5.92 Å². The van der Waals surface area contributed by atoms with E-state index in [2.05, 4.69) is 0 Å². The van der Waals surface area contributed by atoms with Crippen molar-refractivity contribution in [1.82, 2.24) is 0 Å². The van der Waals surface area contributed by atoms with Crippen molar-refractivity contribution in [1.29, 1.82) is 0 Å². The fourth-order valence-electron chi connectivity index (χ4n) is 5.42. The Hall–Kier alpha value is -4.52. The summed E-state index contributed by atoms with van der Waals surface area (Å²) in [7, 11) is 1.95. The van der Waals surface area contributed by atoms with Crippen molar-refractivity contribution in [2.45, 2.75) is 12.3 Å². The number of rotatable bonds is 4. The minimum atomic E-state index is -0.451. The number of imide groups is 2. The molecule has 0 aromatic heterocycles. The van der Waals surface area contributed by atoms with E-state index in [-0.39, 0.29) is 29.5 Å². The normalized spacial score (nSPS) is 20.9. The Bertz CT molecular complexity index is 1420. The first-order valence-electron chi connectivity index (χ1n) is 11.8. The topological polar surface area (TPSA) is 78.0 Å². The summed E-state index contributed by atoms with van der Waals surface area (Å²) in [4.78, 5) is 55.0. The molecule has 36 heavy (non-hydrogen) atoms. The number of benzene rings is 3. The van der Waals surface area contributed by atoms with Crippen LogP contribution in [0.15, 0.2) is 84.9 Å². The molecule has 0 saturated carbocycles. The van der Waals surface area contributed by atoms with Gasteiger partial charge in [-0.25, -0.2) is 9.80 Å². The van der Waals surface area contributed by atoms with E-state index in [1.54, 1.807) is 12.1 Å². The SMILES string of the molecule is CN1C[C@H]2C(=O)N(c3ccc(Cc4ccc(N5C(=O)C=CC5=O)cc4)cc3)C(=O)[C@H]2c2ccccc21. The fraction of sp³-hybridized carbons (Fsp3) is 0.172. The average Bonchev–Trinajstić information content (AvgIpc) is 3.35. The smallest absolute Gasteiger partial charge is 0.258 e. The van der Waals surface area contributed by atoms with E-state index in [0.29, 0.717) is 24.3 Å².